The van der Waals surface area contributed by atoms with E-state index in [0.29, 0.717) is 19.6 Å². The highest BCUT2D eigenvalue weighted by atomic mass is 35.5. The molecule has 39 heavy (non-hydrogen) atoms. The van der Waals surface area contributed by atoms with Crippen molar-refractivity contribution in [3.05, 3.63) is 53.1 Å². The van der Waals surface area contributed by atoms with Crippen molar-refractivity contribution in [3.63, 3.8) is 0 Å². The van der Waals surface area contributed by atoms with Gasteiger partial charge < -0.3 is 10.6 Å². The number of rotatable bonds is 7. The maximum Gasteiger partial charge on any atom is 0.418 e. The van der Waals surface area contributed by atoms with Crippen LogP contribution in [0.5, 0.6) is 0 Å². The lowest BCUT2D eigenvalue weighted by atomic mass is 10.1. The van der Waals surface area contributed by atoms with E-state index in [0.717, 1.165) is 28.8 Å². The number of carbonyl (C=O) groups is 1. The third kappa shape index (κ3) is 6.40. The number of anilines is 2. The molecule has 0 aliphatic carbocycles. The highest BCUT2D eigenvalue weighted by Gasteiger charge is 2.34. The lowest BCUT2D eigenvalue weighted by Gasteiger charge is -2.35. The average Bonchev–Trinajstić information content (AvgIpc) is 2.85. The third-order valence-electron chi connectivity index (χ3n) is 6.17. The number of aromatic nitrogens is 2. The zero-order valence-electron chi connectivity index (χ0n) is 20.9. The molecule has 9 nitrogen and oxygen atoms in total. The Morgan fingerprint density at radius 1 is 1.15 bits per heavy atom. The fourth-order valence-corrected chi connectivity index (χ4v) is 6.17. The lowest BCUT2D eigenvalue weighted by molar-refractivity contribution is -0.136. The van der Waals surface area contributed by atoms with Gasteiger partial charge in [0.05, 0.1) is 21.8 Å². The Morgan fingerprint density at radius 3 is 2.49 bits per heavy atom. The Balaban J connectivity index is 1.41. The van der Waals surface area contributed by atoms with E-state index in [4.69, 9.17) is 11.6 Å². The van der Waals surface area contributed by atoms with Crippen molar-refractivity contribution >= 4 is 49.9 Å². The molecule has 1 fully saturated rings. The van der Waals surface area contributed by atoms with Gasteiger partial charge in [-0.05, 0) is 25.1 Å². The molecular formula is C24H25ClF4N6O3S. The molecule has 1 aromatic heterocycles. The van der Waals surface area contributed by atoms with Crippen molar-refractivity contribution in [1.82, 2.24) is 19.2 Å². The van der Waals surface area contributed by atoms with Crippen LogP contribution in [0.1, 0.15) is 19.4 Å². The van der Waals surface area contributed by atoms with E-state index in [1.807, 2.05) is 11.8 Å². The fourth-order valence-electron chi connectivity index (χ4n) is 4.40. The molecule has 1 amide bonds. The van der Waals surface area contributed by atoms with Crippen molar-refractivity contribution in [2.45, 2.75) is 31.0 Å². The maximum atomic E-state index is 14.7. The molecule has 1 atom stereocenters. The van der Waals surface area contributed by atoms with Crippen molar-refractivity contribution in [3.8, 4) is 0 Å². The summed E-state index contributed by atoms with van der Waals surface area (Å²) in [5.41, 5.74) is -1.08. The van der Waals surface area contributed by atoms with Crippen LogP contribution in [0, 0.1) is 5.82 Å². The number of piperazine rings is 1. The molecule has 0 radical (unpaired) electrons. The Hall–Kier alpha value is -3.07. The summed E-state index contributed by atoms with van der Waals surface area (Å²) in [6.07, 6.45) is -3.48. The molecule has 0 spiro atoms. The van der Waals surface area contributed by atoms with E-state index in [1.165, 1.54) is 19.1 Å². The molecule has 3 aromatic rings. The van der Waals surface area contributed by atoms with Gasteiger partial charge in [0.15, 0.2) is 0 Å². The average molecular weight is 589 g/mol. The summed E-state index contributed by atoms with van der Waals surface area (Å²) in [5, 5.41) is 5.60. The fraction of sp³-hybridized carbons (Fsp3) is 0.375. The van der Waals surface area contributed by atoms with Gasteiger partial charge in [-0.2, -0.15) is 17.5 Å². The Kier molecular flexibility index (Phi) is 8.30. The van der Waals surface area contributed by atoms with Crippen molar-refractivity contribution in [2.24, 2.45) is 0 Å². The first kappa shape index (κ1) is 28.9. The number of alkyl halides is 3. The van der Waals surface area contributed by atoms with Crippen molar-refractivity contribution in [1.29, 1.82) is 0 Å². The number of nitrogens with one attached hydrogen (secondary N) is 2. The molecule has 2 N–H and O–H groups in total. The van der Waals surface area contributed by atoms with Crippen molar-refractivity contribution < 1.29 is 30.8 Å². The minimum absolute atomic E-state index is 0.0296. The van der Waals surface area contributed by atoms with Crippen LogP contribution >= 0.6 is 11.6 Å². The first-order chi connectivity index (χ1) is 18.3. The second-order valence-electron chi connectivity index (χ2n) is 9.12. The number of carbonyl (C=O) groups excluding carboxylic acids is 1. The third-order valence-corrected chi connectivity index (χ3v) is 8.39. The summed E-state index contributed by atoms with van der Waals surface area (Å²) in [5.74, 6) is -1.25. The van der Waals surface area contributed by atoms with E-state index in [-0.39, 0.29) is 46.6 Å². The molecule has 1 aliphatic rings. The first-order valence-electron chi connectivity index (χ1n) is 11.8. The second kappa shape index (κ2) is 11.2. The van der Waals surface area contributed by atoms with Crippen LogP contribution in [0.3, 0.4) is 0 Å². The number of hydrogen-bond donors (Lipinski definition) is 2. The van der Waals surface area contributed by atoms with Crippen LogP contribution in [0.25, 0.3) is 10.9 Å². The standard InChI is InChI=1S/C24H25ClF4N6O3S/c1-14(32-23-16-4-3-5-17(24(27,28)29)22(16)30-13-31-23)12-34-6-8-35(9-7-34)39(37,38)21-10-18(25)20(11-19(21)26)33-15(2)36/h3-5,10-11,13-14H,6-9,12H2,1-2H3,(H,33,36)(H,30,31,32). The van der Waals surface area contributed by atoms with Crippen LogP contribution in [0.2, 0.25) is 5.02 Å². The Bertz CT molecular complexity index is 1500. The number of fused-ring (bicyclic) bond motifs is 1. The topological polar surface area (TPSA) is 108 Å². The number of nitrogens with zero attached hydrogens (tertiary/aromatic N) is 4. The highest BCUT2D eigenvalue weighted by molar-refractivity contribution is 7.89. The smallest absolute Gasteiger partial charge is 0.366 e. The molecule has 1 unspecified atom stereocenters. The molecular weight excluding hydrogens is 564 g/mol. The predicted octanol–water partition coefficient (Wildman–Crippen LogP) is 4.21. The van der Waals surface area contributed by atoms with Gasteiger partial charge in [-0.1, -0.05) is 17.7 Å². The molecule has 4 rings (SSSR count). The normalized spacial score (nSPS) is 16.3. The summed E-state index contributed by atoms with van der Waals surface area (Å²) in [6.45, 7) is 4.35. The van der Waals surface area contributed by atoms with Gasteiger partial charge in [0.25, 0.3) is 0 Å². The molecule has 15 heteroatoms. The summed E-state index contributed by atoms with van der Waals surface area (Å²) >= 11 is 6.06. The number of amides is 1. The second-order valence-corrected chi connectivity index (χ2v) is 11.4. The Morgan fingerprint density at radius 2 is 1.85 bits per heavy atom. The van der Waals surface area contributed by atoms with Crippen LogP contribution in [-0.4, -0.2) is 72.3 Å². The predicted molar refractivity (Wildman–Crippen MR) is 139 cm³/mol. The monoisotopic (exact) mass is 588 g/mol. The van der Waals surface area contributed by atoms with Crippen LogP contribution in [0.4, 0.5) is 29.1 Å². The first-order valence-corrected chi connectivity index (χ1v) is 13.7. The number of hydrogen-bond acceptors (Lipinski definition) is 7. The summed E-state index contributed by atoms with van der Waals surface area (Å²) in [4.78, 5) is 20.6. The van der Waals surface area contributed by atoms with Crippen molar-refractivity contribution in [2.75, 3.05) is 43.4 Å². The van der Waals surface area contributed by atoms with Gasteiger partial charge in [-0.25, -0.2) is 22.8 Å². The van der Waals surface area contributed by atoms with E-state index < -0.39 is 38.4 Å². The number of sulfonamides is 1. The van der Waals surface area contributed by atoms with Gasteiger partial charge in [-0.15, -0.1) is 0 Å². The van der Waals surface area contributed by atoms with Crippen LogP contribution in [0.15, 0.2) is 41.6 Å². The van der Waals surface area contributed by atoms with Gasteiger partial charge in [0.1, 0.15) is 22.9 Å². The molecule has 2 aromatic carbocycles. The van der Waals surface area contributed by atoms with Gasteiger partial charge in [-0.3, -0.25) is 9.69 Å². The zero-order valence-corrected chi connectivity index (χ0v) is 22.5. The quantitative estimate of drug-likeness (QED) is 0.398. The summed E-state index contributed by atoms with van der Waals surface area (Å²) in [6, 6.07) is 5.37. The highest BCUT2D eigenvalue weighted by Crippen LogP contribution is 2.35. The largest absolute Gasteiger partial charge is 0.418 e. The lowest BCUT2D eigenvalue weighted by Crippen LogP contribution is -2.50. The molecule has 1 aliphatic heterocycles. The summed E-state index contributed by atoms with van der Waals surface area (Å²) in [7, 11) is -4.19. The molecule has 1 saturated heterocycles. The number of halogens is 5. The number of para-hydroxylation sites is 1. The minimum Gasteiger partial charge on any atom is -0.366 e. The van der Waals surface area contributed by atoms with Crippen LogP contribution < -0.4 is 10.6 Å². The zero-order chi connectivity index (χ0) is 28.5. The maximum absolute atomic E-state index is 14.7. The molecule has 2 heterocycles. The molecule has 210 valence electrons. The van der Waals surface area contributed by atoms with Gasteiger partial charge in [0, 0.05) is 57.1 Å². The number of benzene rings is 2. The van der Waals surface area contributed by atoms with E-state index in [9.17, 15) is 30.8 Å². The Labute approximate surface area is 227 Å². The SMILES string of the molecule is CC(=O)Nc1cc(F)c(S(=O)(=O)N2CCN(CC(C)Nc3ncnc4c(C(F)(F)F)cccc34)CC2)cc1Cl. The summed E-state index contributed by atoms with van der Waals surface area (Å²) < 4.78 is 82.2. The molecule has 0 bridgehead atoms. The van der Waals surface area contributed by atoms with E-state index in [1.54, 1.807) is 0 Å². The molecule has 0 saturated carbocycles. The van der Waals surface area contributed by atoms with Gasteiger partial charge >= 0.3 is 6.18 Å². The van der Waals surface area contributed by atoms with Gasteiger partial charge in [0.2, 0.25) is 15.9 Å². The van der Waals surface area contributed by atoms with E-state index >= 15 is 0 Å². The minimum atomic E-state index is -4.56. The van der Waals surface area contributed by atoms with Crippen LogP contribution in [-0.2, 0) is 21.0 Å². The van der Waals surface area contributed by atoms with E-state index in [2.05, 4.69) is 20.6 Å².